The molecule has 15 nitrogen and oxygen atoms in total. The van der Waals surface area contributed by atoms with E-state index in [1.54, 1.807) is 37.4 Å². The van der Waals surface area contributed by atoms with Gasteiger partial charge in [0, 0.05) is 74.4 Å². The summed E-state index contributed by atoms with van der Waals surface area (Å²) in [7, 11) is 3.66. The molecule has 0 spiro atoms. The number of likely N-dealkylation sites (tertiary alicyclic amines) is 1. The maximum absolute atomic E-state index is 13.9. The lowest BCUT2D eigenvalue weighted by atomic mass is 10.0. The van der Waals surface area contributed by atoms with E-state index >= 15 is 0 Å². The van der Waals surface area contributed by atoms with Gasteiger partial charge in [-0.3, -0.25) is 33.7 Å². The van der Waals surface area contributed by atoms with Crippen molar-refractivity contribution in [2.75, 3.05) is 30.8 Å². The van der Waals surface area contributed by atoms with Gasteiger partial charge in [-0.25, -0.2) is 19.6 Å². The molecule has 1 unspecified atom stereocenters. The van der Waals surface area contributed by atoms with Crippen LogP contribution in [0.3, 0.4) is 0 Å². The van der Waals surface area contributed by atoms with Crippen LogP contribution in [0, 0.1) is 17.8 Å². The number of halogens is 1. The number of carbonyl (C=O) groups is 4. The van der Waals surface area contributed by atoms with Gasteiger partial charge in [0.05, 0.1) is 28.9 Å². The standard InChI is InChI=1S/C41H40FN9O6/c1-48(23-26-8-6-25(7-9-26)10-11-28-20-29(14-17-43-28)45-40(56)46-32-21-35(42)44-22-27(32)24-52)30-15-18-50(19-16-30)39(55)31-4-3-5-33-37(31)49(2)41(57)51(33)34-12-13-36(53)47-38(34)54/h3-9,14,17,20-22,30,34,52H,12-13,15-16,18-19,23-24H2,1-2H3,(H,47,53,54)(H2,43,44,45,46,56). The van der Waals surface area contributed by atoms with Gasteiger partial charge in [0.25, 0.3) is 5.91 Å². The molecule has 2 fully saturated rings. The highest BCUT2D eigenvalue weighted by Gasteiger charge is 2.33. The fourth-order valence-electron chi connectivity index (χ4n) is 7.33. The molecule has 7 rings (SSSR count). The van der Waals surface area contributed by atoms with Crippen LogP contribution in [0.2, 0.25) is 0 Å². The maximum atomic E-state index is 13.9. The quantitative estimate of drug-likeness (QED) is 0.104. The average Bonchev–Trinajstić information content (AvgIpc) is 3.46. The molecule has 3 aromatic heterocycles. The Morgan fingerprint density at radius 3 is 2.51 bits per heavy atom. The number of aliphatic hydroxyl groups is 1. The van der Waals surface area contributed by atoms with Gasteiger partial charge >= 0.3 is 11.7 Å². The summed E-state index contributed by atoms with van der Waals surface area (Å²) >= 11 is 0. The lowest BCUT2D eigenvalue weighted by molar-refractivity contribution is -0.135. The molecule has 292 valence electrons. The monoisotopic (exact) mass is 773 g/mol. The number of aliphatic hydroxyl groups excluding tert-OH is 1. The van der Waals surface area contributed by atoms with Gasteiger partial charge in [-0.1, -0.05) is 24.1 Å². The molecule has 2 aliphatic rings. The Morgan fingerprint density at radius 2 is 1.77 bits per heavy atom. The molecule has 2 aromatic carbocycles. The first-order valence-corrected chi connectivity index (χ1v) is 18.4. The molecule has 5 heterocycles. The summed E-state index contributed by atoms with van der Waals surface area (Å²) in [5.74, 6) is 4.26. The van der Waals surface area contributed by atoms with Crippen molar-refractivity contribution >= 4 is 46.2 Å². The minimum atomic E-state index is -0.829. The molecule has 1 atom stereocenters. The Morgan fingerprint density at radius 1 is 1.00 bits per heavy atom. The van der Waals surface area contributed by atoms with Crippen molar-refractivity contribution in [3.63, 3.8) is 0 Å². The number of urea groups is 1. The maximum Gasteiger partial charge on any atom is 0.329 e. The number of hydrogen-bond donors (Lipinski definition) is 4. The molecular weight excluding hydrogens is 734 g/mol. The van der Waals surface area contributed by atoms with Gasteiger partial charge in [0.15, 0.2) is 0 Å². The number of carbonyl (C=O) groups excluding carboxylic acids is 4. The van der Waals surface area contributed by atoms with Crippen LogP contribution >= 0.6 is 0 Å². The molecular formula is C41H40FN9O6. The zero-order valence-corrected chi connectivity index (χ0v) is 31.3. The van der Waals surface area contributed by atoms with Crippen LogP contribution < -0.4 is 21.6 Å². The van der Waals surface area contributed by atoms with Crippen molar-refractivity contribution < 1.29 is 28.7 Å². The second kappa shape index (κ2) is 16.6. The summed E-state index contributed by atoms with van der Waals surface area (Å²) in [4.78, 5) is 76.0. The van der Waals surface area contributed by atoms with E-state index in [2.05, 4.69) is 49.7 Å². The number of imide groups is 1. The predicted octanol–water partition coefficient (Wildman–Crippen LogP) is 3.52. The second-order valence-corrected chi connectivity index (χ2v) is 14.1. The van der Waals surface area contributed by atoms with E-state index in [0.29, 0.717) is 47.6 Å². The molecule has 16 heteroatoms. The Kier molecular flexibility index (Phi) is 11.2. The van der Waals surface area contributed by atoms with E-state index in [-0.39, 0.29) is 41.9 Å². The van der Waals surface area contributed by atoms with Crippen LogP contribution in [0.1, 0.15) is 64.5 Å². The number of amides is 5. The van der Waals surface area contributed by atoms with Crippen molar-refractivity contribution in [2.24, 2.45) is 7.05 Å². The molecule has 4 N–H and O–H groups in total. The lowest BCUT2D eigenvalue weighted by Crippen LogP contribution is -2.45. The van der Waals surface area contributed by atoms with Crippen LogP contribution in [-0.2, 0) is 29.8 Å². The predicted molar refractivity (Wildman–Crippen MR) is 208 cm³/mol. The SMILES string of the molecule is CN(Cc1ccc(C#Cc2cc(NC(=O)Nc3cc(F)ncc3CO)ccn2)cc1)C1CCN(C(=O)c2cccc3c2n(C)c(=O)n3C2CCC(=O)NC2=O)CC1. The number of fused-ring (bicyclic) bond motifs is 1. The number of rotatable bonds is 8. The number of piperidine rings is 2. The number of hydrogen-bond acceptors (Lipinski definition) is 9. The number of aryl methyl sites for hydroxylation is 1. The number of anilines is 2. The molecule has 0 saturated carbocycles. The number of aromatic nitrogens is 4. The first-order valence-electron chi connectivity index (χ1n) is 18.4. The summed E-state index contributed by atoms with van der Waals surface area (Å²) in [6, 6.07) is 16.1. The Labute approximate surface area is 326 Å². The minimum absolute atomic E-state index is 0.104. The van der Waals surface area contributed by atoms with Crippen LogP contribution in [0.4, 0.5) is 20.6 Å². The highest BCUT2D eigenvalue weighted by molar-refractivity contribution is 6.06. The van der Waals surface area contributed by atoms with Crippen LogP contribution in [0.5, 0.6) is 0 Å². The fraction of sp³-hybridized carbons (Fsp3) is 0.293. The van der Waals surface area contributed by atoms with Crippen molar-refractivity contribution in [3.8, 4) is 11.8 Å². The molecule has 2 aliphatic heterocycles. The summed E-state index contributed by atoms with van der Waals surface area (Å²) in [5.41, 5.74) is 4.03. The van der Waals surface area contributed by atoms with Crippen LogP contribution in [-0.4, -0.2) is 83.9 Å². The summed E-state index contributed by atoms with van der Waals surface area (Å²) in [5, 5.41) is 16.9. The molecule has 5 amide bonds. The normalized spacial score (nSPS) is 15.9. The first kappa shape index (κ1) is 38.6. The van der Waals surface area contributed by atoms with Crippen LogP contribution in [0.15, 0.2) is 77.9 Å². The van der Waals surface area contributed by atoms with Crippen molar-refractivity contribution in [3.05, 3.63) is 117 Å². The number of pyridine rings is 2. The second-order valence-electron chi connectivity index (χ2n) is 14.1. The number of nitrogens with zero attached hydrogens (tertiary/aromatic N) is 6. The number of nitrogens with one attached hydrogen (secondary N) is 3. The Bertz CT molecular complexity index is 2500. The smallest absolute Gasteiger partial charge is 0.329 e. The summed E-state index contributed by atoms with van der Waals surface area (Å²) < 4.78 is 16.4. The Hall–Kier alpha value is -6.70. The zero-order chi connectivity index (χ0) is 40.2. The van der Waals surface area contributed by atoms with Crippen molar-refractivity contribution in [2.45, 2.75) is 50.9 Å². The van der Waals surface area contributed by atoms with E-state index in [0.717, 1.165) is 36.2 Å². The van der Waals surface area contributed by atoms with Crippen molar-refractivity contribution in [1.29, 1.82) is 0 Å². The Balaban J connectivity index is 0.930. The van der Waals surface area contributed by atoms with Gasteiger partial charge in [-0.2, -0.15) is 4.39 Å². The largest absolute Gasteiger partial charge is 0.392 e. The van der Waals surface area contributed by atoms with Crippen molar-refractivity contribution in [1.82, 2.24) is 34.2 Å². The van der Waals surface area contributed by atoms with Gasteiger partial charge in [0.2, 0.25) is 17.8 Å². The number of benzene rings is 2. The van der Waals surface area contributed by atoms with Crippen LogP contribution in [0.25, 0.3) is 11.0 Å². The minimum Gasteiger partial charge on any atom is -0.392 e. The highest BCUT2D eigenvalue weighted by atomic mass is 19.1. The molecule has 0 radical (unpaired) electrons. The summed E-state index contributed by atoms with van der Waals surface area (Å²) in [6.45, 7) is 1.38. The van der Waals surface area contributed by atoms with E-state index in [9.17, 15) is 33.5 Å². The van der Waals surface area contributed by atoms with E-state index in [1.807, 2.05) is 29.2 Å². The van der Waals surface area contributed by atoms with E-state index < -0.39 is 36.2 Å². The van der Waals surface area contributed by atoms with Gasteiger partial charge < -0.3 is 20.6 Å². The highest BCUT2D eigenvalue weighted by Crippen LogP contribution is 2.27. The lowest BCUT2D eigenvalue weighted by Gasteiger charge is -2.37. The molecule has 2 saturated heterocycles. The first-order chi connectivity index (χ1) is 27.5. The van der Waals surface area contributed by atoms with Gasteiger partial charge in [0.1, 0.15) is 11.7 Å². The number of imidazole rings is 1. The topological polar surface area (TPSA) is 184 Å². The summed E-state index contributed by atoms with van der Waals surface area (Å²) in [6.07, 6.45) is 4.55. The van der Waals surface area contributed by atoms with Gasteiger partial charge in [-0.15, -0.1) is 0 Å². The fourth-order valence-corrected chi connectivity index (χ4v) is 7.33. The average molecular weight is 774 g/mol. The molecule has 0 bridgehead atoms. The molecule has 57 heavy (non-hydrogen) atoms. The number of para-hydroxylation sites is 1. The third-order valence-corrected chi connectivity index (χ3v) is 10.3. The van der Waals surface area contributed by atoms with E-state index in [4.69, 9.17) is 0 Å². The molecule has 0 aliphatic carbocycles. The van der Waals surface area contributed by atoms with Gasteiger partial charge in [-0.05, 0) is 74.2 Å². The third-order valence-electron chi connectivity index (χ3n) is 10.3. The zero-order valence-electron chi connectivity index (χ0n) is 31.3. The van der Waals surface area contributed by atoms with E-state index in [1.165, 1.54) is 15.3 Å². The molecule has 5 aromatic rings. The third kappa shape index (κ3) is 8.44.